The Bertz CT molecular complexity index is 697. The van der Waals surface area contributed by atoms with E-state index in [-0.39, 0.29) is 24.0 Å². The van der Waals surface area contributed by atoms with Crippen LogP contribution < -0.4 is 5.32 Å². The summed E-state index contributed by atoms with van der Waals surface area (Å²) in [5, 5.41) is 14.4. The third kappa shape index (κ3) is 6.44. The zero-order chi connectivity index (χ0) is 18.2. The first kappa shape index (κ1) is 22.1. The van der Waals surface area contributed by atoms with Gasteiger partial charge >= 0.3 is 0 Å². The second kappa shape index (κ2) is 11.6. The average molecular weight is 502 g/mol. The van der Waals surface area contributed by atoms with E-state index in [1.807, 2.05) is 18.4 Å². The highest BCUT2D eigenvalue weighted by molar-refractivity contribution is 14.0. The summed E-state index contributed by atoms with van der Waals surface area (Å²) >= 11 is 1.81. The van der Waals surface area contributed by atoms with Crippen LogP contribution in [0.25, 0.3) is 0 Å². The number of halogens is 1. The van der Waals surface area contributed by atoms with E-state index in [0.717, 1.165) is 57.1 Å². The van der Waals surface area contributed by atoms with Crippen molar-refractivity contribution in [1.82, 2.24) is 25.0 Å². The number of aryl methyl sites for hydroxylation is 2. The molecule has 0 spiro atoms. The number of nitrogens with zero attached hydrogens (tertiary/aromatic N) is 5. The summed E-state index contributed by atoms with van der Waals surface area (Å²) in [7, 11) is 3.95. The molecule has 3 heterocycles. The molecule has 3 rings (SSSR count). The number of thiophene rings is 1. The smallest absolute Gasteiger partial charge is 0.193 e. The molecule has 0 bridgehead atoms. The van der Waals surface area contributed by atoms with E-state index >= 15 is 0 Å². The van der Waals surface area contributed by atoms with Crippen molar-refractivity contribution in [3.63, 3.8) is 0 Å². The summed E-state index contributed by atoms with van der Waals surface area (Å²) in [6.07, 6.45) is 7.93. The maximum atomic E-state index is 4.42. The minimum absolute atomic E-state index is 0. The first-order valence-corrected chi connectivity index (χ1v) is 10.5. The van der Waals surface area contributed by atoms with Crippen LogP contribution in [0.3, 0.4) is 0 Å². The molecule has 2 aromatic rings. The minimum atomic E-state index is 0. The molecule has 0 saturated carbocycles. The van der Waals surface area contributed by atoms with Crippen molar-refractivity contribution in [3.05, 3.63) is 34.0 Å². The van der Waals surface area contributed by atoms with Crippen LogP contribution in [0.15, 0.2) is 22.5 Å². The minimum Gasteiger partial charge on any atom is -0.356 e. The van der Waals surface area contributed by atoms with Gasteiger partial charge in [0.05, 0.1) is 0 Å². The molecule has 6 nitrogen and oxygen atoms in total. The molecule has 1 aliphatic heterocycles. The molecule has 0 aliphatic carbocycles. The Kier molecular flexibility index (Phi) is 9.53. The van der Waals surface area contributed by atoms with Crippen molar-refractivity contribution < 1.29 is 0 Å². The Labute approximate surface area is 183 Å². The summed E-state index contributed by atoms with van der Waals surface area (Å²) in [4.78, 5) is 8.02. The van der Waals surface area contributed by atoms with Crippen molar-refractivity contribution in [3.8, 4) is 0 Å². The highest BCUT2D eigenvalue weighted by Crippen LogP contribution is 2.15. The molecule has 0 saturated heterocycles. The molecule has 0 fully saturated rings. The summed E-state index contributed by atoms with van der Waals surface area (Å²) in [5.74, 6) is 3.28. The fraction of sp³-hybridized carbons (Fsp3) is 0.632. The Morgan fingerprint density at radius 2 is 2.19 bits per heavy atom. The maximum absolute atomic E-state index is 4.42. The lowest BCUT2D eigenvalue weighted by Gasteiger charge is -2.21. The van der Waals surface area contributed by atoms with Crippen molar-refractivity contribution in [2.24, 2.45) is 4.99 Å². The molecule has 0 amide bonds. The SMILES string of the molecule is CN=C(NCCCc1nnc2n1CCCCC2)N(C)CCc1cccs1.I. The van der Waals surface area contributed by atoms with Gasteiger partial charge in [0.1, 0.15) is 11.6 Å². The van der Waals surface area contributed by atoms with E-state index < -0.39 is 0 Å². The molecule has 1 aliphatic rings. The van der Waals surface area contributed by atoms with Gasteiger partial charge in [0.15, 0.2) is 5.96 Å². The Hall–Kier alpha value is -1.16. The first-order chi connectivity index (χ1) is 12.8. The van der Waals surface area contributed by atoms with Gasteiger partial charge in [0.25, 0.3) is 0 Å². The highest BCUT2D eigenvalue weighted by atomic mass is 127. The Balaban J connectivity index is 0.00000261. The van der Waals surface area contributed by atoms with Gasteiger partial charge in [-0.05, 0) is 37.1 Å². The fourth-order valence-electron chi connectivity index (χ4n) is 3.40. The number of fused-ring (bicyclic) bond motifs is 1. The van der Waals surface area contributed by atoms with Crippen LogP contribution in [0.4, 0.5) is 0 Å². The van der Waals surface area contributed by atoms with E-state index in [1.165, 1.54) is 30.0 Å². The number of guanidine groups is 1. The van der Waals surface area contributed by atoms with E-state index in [9.17, 15) is 0 Å². The number of hydrogen-bond donors (Lipinski definition) is 1. The molecule has 0 unspecified atom stereocenters. The molecule has 0 radical (unpaired) electrons. The molecule has 0 atom stereocenters. The van der Waals surface area contributed by atoms with E-state index in [1.54, 1.807) is 0 Å². The van der Waals surface area contributed by atoms with Gasteiger partial charge in [-0.15, -0.1) is 45.5 Å². The van der Waals surface area contributed by atoms with Gasteiger partial charge in [-0.2, -0.15) is 0 Å². The molecule has 8 heteroatoms. The van der Waals surface area contributed by atoms with E-state index in [2.05, 4.69) is 54.5 Å². The van der Waals surface area contributed by atoms with Gasteiger partial charge in [-0.3, -0.25) is 4.99 Å². The van der Waals surface area contributed by atoms with Crippen molar-refractivity contribution in [2.45, 2.75) is 51.5 Å². The normalized spacial score (nSPS) is 14.2. The lowest BCUT2D eigenvalue weighted by molar-refractivity contribution is 0.484. The van der Waals surface area contributed by atoms with Crippen LogP contribution in [0, 0.1) is 0 Å². The highest BCUT2D eigenvalue weighted by Gasteiger charge is 2.14. The van der Waals surface area contributed by atoms with Crippen LogP contribution in [-0.2, 0) is 25.8 Å². The van der Waals surface area contributed by atoms with Gasteiger partial charge < -0.3 is 14.8 Å². The third-order valence-electron chi connectivity index (χ3n) is 4.89. The lowest BCUT2D eigenvalue weighted by atomic mass is 10.2. The maximum Gasteiger partial charge on any atom is 0.193 e. The number of rotatable bonds is 7. The average Bonchev–Trinajstić information content (AvgIpc) is 3.24. The van der Waals surface area contributed by atoms with Crippen LogP contribution in [-0.4, -0.2) is 52.8 Å². The zero-order valence-electron chi connectivity index (χ0n) is 16.4. The summed E-state index contributed by atoms with van der Waals surface area (Å²) < 4.78 is 2.34. The van der Waals surface area contributed by atoms with E-state index in [4.69, 9.17) is 0 Å². The monoisotopic (exact) mass is 502 g/mol. The van der Waals surface area contributed by atoms with Gasteiger partial charge in [-0.25, -0.2) is 0 Å². The second-order valence-electron chi connectivity index (χ2n) is 6.82. The van der Waals surface area contributed by atoms with E-state index in [0.29, 0.717) is 0 Å². The first-order valence-electron chi connectivity index (χ1n) is 9.63. The number of likely N-dealkylation sites (N-methyl/N-ethyl adjacent to an activating group) is 1. The molecule has 1 N–H and O–H groups in total. The number of nitrogens with one attached hydrogen (secondary N) is 1. The summed E-state index contributed by atoms with van der Waals surface area (Å²) in [6, 6.07) is 4.30. The van der Waals surface area contributed by atoms with Crippen LogP contribution in [0.1, 0.15) is 42.2 Å². The molecule has 27 heavy (non-hydrogen) atoms. The Morgan fingerprint density at radius 1 is 1.30 bits per heavy atom. The second-order valence-corrected chi connectivity index (χ2v) is 7.86. The molecule has 2 aromatic heterocycles. The Morgan fingerprint density at radius 3 is 2.96 bits per heavy atom. The van der Waals surface area contributed by atoms with Crippen molar-refractivity contribution in [2.75, 3.05) is 27.2 Å². The molecule has 150 valence electrons. The number of hydrogen-bond acceptors (Lipinski definition) is 4. The quantitative estimate of drug-likeness (QED) is 0.273. The predicted octanol–water partition coefficient (Wildman–Crippen LogP) is 3.37. The lowest BCUT2D eigenvalue weighted by Crippen LogP contribution is -2.40. The molecular formula is C19H31IN6S. The molecular weight excluding hydrogens is 471 g/mol. The topological polar surface area (TPSA) is 58.3 Å². The number of aliphatic imine (C=N–C) groups is 1. The standard InChI is InChI=1S/C19H30N6S.HI/c1-20-19(24(2)14-11-16-8-7-15-26-16)21-12-6-10-18-23-22-17-9-4-3-5-13-25(17)18;/h7-8,15H,3-6,9-14H2,1-2H3,(H,20,21);1H. The summed E-state index contributed by atoms with van der Waals surface area (Å²) in [5.41, 5.74) is 0. The summed E-state index contributed by atoms with van der Waals surface area (Å²) in [6.45, 7) is 2.95. The van der Waals surface area contributed by atoms with Gasteiger partial charge in [0, 0.05) is 51.4 Å². The van der Waals surface area contributed by atoms with Crippen molar-refractivity contribution in [1.29, 1.82) is 0 Å². The number of aromatic nitrogens is 3. The van der Waals surface area contributed by atoms with Crippen LogP contribution >= 0.6 is 35.3 Å². The largest absolute Gasteiger partial charge is 0.356 e. The van der Waals surface area contributed by atoms with Gasteiger partial charge in [0.2, 0.25) is 0 Å². The third-order valence-corrected chi connectivity index (χ3v) is 5.83. The van der Waals surface area contributed by atoms with Gasteiger partial charge in [-0.1, -0.05) is 12.5 Å². The fourth-order valence-corrected chi connectivity index (χ4v) is 4.10. The van der Waals surface area contributed by atoms with Crippen LogP contribution in [0.2, 0.25) is 0 Å². The van der Waals surface area contributed by atoms with Crippen LogP contribution in [0.5, 0.6) is 0 Å². The molecule has 0 aromatic carbocycles. The zero-order valence-corrected chi connectivity index (χ0v) is 19.5. The van der Waals surface area contributed by atoms with Crippen molar-refractivity contribution >= 4 is 41.3 Å². The predicted molar refractivity (Wildman–Crippen MR) is 123 cm³/mol.